The third-order valence-corrected chi connectivity index (χ3v) is 4.21. The summed E-state index contributed by atoms with van der Waals surface area (Å²) < 4.78 is 11.0. The number of guanidine groups is 1. The van der Waals surface area contributed by atoms with Crippen LogP contribution in [0.15, 0.2) is 23.2 Å². The van der Waals surface area contributed by atoms with Crippen LogP contribution in [0.5, 0.6) is 5.75 Å². The summed E-state index contributed by atoms with van der Waals surface area (Å²) in [7, 11) is 3.51. The van der Waals surface area contributed by atoms with Gasteiger partial charge >= 0.3 is 0 Å². The molecule has 1 aliphatic carbocycles. The van der Waals surface area contributed by atoms with Gasteiger partial charge in [0.1, 0.15) is 5.75 Å². The Bertz CT molecular complexity index is 533. The fraction of sp³-hybridized carbons (Fsp3) is 0.632. The highest BCUT2D eigenvalue weighted by molar-refractivity contribution is 14.0. The number of hydrogen-bond acceptors (Lipinski definition) is 3. The second kappa shape index (κ2) is 12.4. The average Bonchev–Trinajstić information content (AvgIpc) is 3.42. The van der Waals surface area contributed by atoms with Crippen LogP contribution in [0.1, 0.15) is 30.4 Å². The zero-order valence-corrected chi connectivity index (χ0v) is 18.0. The summed E-state index contributed by atoms with van der Waals surface area (Å²) >= 11 is 0. The highest BCUT2D eigenvalue weighted by Gasteiger charge is 2.20. The lowest BCUT2D eigenvalue weighted by Gasteiger charge is -2.12. The molecule has 25 heavy (non-hydrogen) atoms. The molecule has 6 heteroatoms. The number of benzene rings is 1. The van der Waals surface area contributed by atoms with Crippen LogP contribution in [-0.2, 0) is 11.2 Å². The van der Waals surface area contributed by atoms with E-state index in [0.717, 1.165) is 62.3 Å². The van der Waals surface area contributed by atoms with Gasteiger partial charge in [-0.1, -0.05) is 12.1 Å². The smallest absolute Gasteiger partial charge is 0.190 e. The highest BCUT2D eigenvalue weighted by Crippen LogP contribution is 2.28. The number of methoxy groups -OCH3 is 1. The molecule has 2 rings (SSSR count). The minimum atomic E-state index is 0. The average molecular weight is 461 g/mol. The predicted molar refractivity (Wildman–Crippen MR) is 114 cm³/mol. The number of nitrogens with one attached hydrogen (secondary N) is 2. The van der Waals surface area contributed by atoms with Gasteiger partial charge < -0.3 is 20.1 Å². The molecule has 0 radical (unpaired) electrons. The molecular weight excluding hydrogens is 429 g/mol. The first-order valence-electron chi connectivity index (χ1n) is 8.88. The van der Waals surface area contributed by atoms with E-state index in [-0.39, 0.29) is 24.0 Å². The second-order valence-electron chi connectivity index (χ2n) is 6.35. The molecule has 0 aromatic heterocycles. The molecule has 5 nitrogen and oxygen atoms in total. The third-order valence-electron chi connectivity index (χ3n) is 4.21. The molecule has 1 fully saturated rings. The van der Waals surface area contributed by atoms with Crippen LogP contribution in [0.2, 0.25) is 0 Å². The maximum Gasteiger partial charge on any atom is 0.190 e. The summed E-state index contributed by atoms with van der Waals surface area (Å²) in [6, 6.07) is 6.35. The number of rotatable bonds is 10. The summed E-state index contributed by atoms with van der Waals surface area (Å²) in [5, 5.41) is 6.67. The summed E-state index contributed by atoms with van der Waals surface area (Å²) in [6.45, 7) is 5.53. The van der Waals surface area contributed by atoms with Crippen LogP contribution in [-0.4, -0.2) is 46.4 Å². The SMILES string of the molecule is CN=C(NCCCOCC1CC1)NCCc1ccc(C)c(OC)c1.I. The maximum absolute atomic E-state index is 5.63. The molecular formula is C19H32IN3O2. The Kier molecular flexibility index (Phi) is 10.9. The highest BCUT2D eigenvalue weighted by atomic mass is 127. The molecule has 1 aromatic rings. The number of aliphatic imine (C=N–C) groups is 1. The third kappa shape index (κ3) is 8.76. The first-order chi connectivity index (χ1) is 11.7. The number of nitrogens with zero attached hydrogens (tertiary/aromatic N) is 1. The Balaban J connectivity index is 0.00000312. The van der Waals surface area contributed by atoms with Crippen LogP contribution < -0.4 is 15.4 Å². The van der Waals surface area contributed by atoms with E-state index in [4.69, 9.17) is 9.47 Å². The van der Waals surface area contributed by atoms with Crippen molar-refractivity contribution in [1.29, 1.82) is 0 Å². The van der Waals surface area contributed by atoms with E-state index in [1.54, 1.807) is 14.2 Å². The molecule has 0 saturated heterocycles. The normalized spacial score (nSPS) is 14.0. The summed E-state index contributed by atoms with van der Waals surface area (Å²) in [6.07, 6.45) is 4.63. The molecule has 0 bridgehead atoms. The quantitative estimate of drug-likeness (QED) is 0.243. The Morgan fingerprint density at radius 2 is 2.00 bits per heavy atom. The van der Waals surface area contributed by atoms with Crippen molar-refractivity contribution in [3.63, 3.8) is 0 Å². The zero-order valence-electron chi connectivity index (χ0n) is 15.6. The first kappa shape index (κ1) is 22.0. The molecule has 1 aliphatic rings. The Hall–Kier alpha value is -1.02. The van der Waals surface area contributed by atoms with Gasteiger partial charge in [-0.05, 0) is 55.7 Å². The van der Waals surface area contributed by atoms with Crippen molar-refractivity contribution in [3.8, 4) is 5.75 Å². The van der Waals surface area contributed by atoms with Crippen molar-refractivity contribution < 1.29 is 9.47 Å². The molecule has 0 atom stereocenters. The van der Waals surface area contributed by atoms with Crippen molar-refractivity contribution >= 4 is 29.9 Å². The summed E-state index contributed by atoms with van der Waals surface area (Å²) in [5.74, 6) is 2.63. The number of ether oxygens (including phenoxy) is 2. The van der Waals surface area contributed by atoms with Gasteiger partial charge in [-0.2, -0.15) is 0 Å². The van der Waals surface area contributed by atoms with E-state index in [2.05, 4.69) is 40.7 Å². The van der Waals surface area contributed by atoms with Gasteiger partial charge in [0, 0.05) is 33.4 Å². The van der Waals surface area contributed by atoms with Gasteiger partial charge in [-0.3, -0.25) is 4.99 Å². The molecule has 1 saturated carbocycles. The van der Waals surface area contributed by atoms with Gasteiger partial charge in [-0.25, -0.2) is 0 Å². The van der Waals surface area contributed by atoms with Crippen molar-refractivity contribution in [2.24, 2.45) is 10.9 Å². The molecule has 0 aliphatic heterocycles. The molecule has 142 valence electrons. The zero-order chi connectivity index (χ0) is 17.2. The first-order valence-corrected chi connectivity index (χ1v) is 8.88. The fourth-order valence-electron chi connectivity index (χ4n) is 2.48. The number of halogens is 1. The predicted octanol–water partition coefficient (Wildman–Crippen LogP) is 3.15. The fourth-order valence-corrected chi connectivity index (χ4v) is 2.48. The molecule has 1 aromatic carbocycles. The van der Waals surface area contributed by atoms with Crippen LogP contribution in [0, 0.1) is 12.8 Å². The van der Waals surface area contributed by atoms with Gasteiger partial charge in [0.25, 0.3) is 0 Å². The van der Waals surface area contributed by atoms with Crippen molar-refractivity contribution in [2.45, 2.75) is 32.6 Å². The topological polar surface area (TPSA) is 54.9 Å². The van der Waals surface area contributed by atoms with Crippen molar-refractivity contribution in [2.75, 3.05) is 40.5 Å². The van der Waals surface area contributed by atoms with E-state index in [1.807, 2.05) is 0 Å². The molecule has 0 spiro atoms. The Labute approximate surface area is 169 Å². The largest absolute Gasteiger partial charge is 0.496 e. The molecule has 0 amide bonds. The summed E-state index contributed by atoms with van der Waals surface area (Å²) in [4.78, 5) is 4.25. The molecule has 2 N–H and O–H groups in total. The standard InChI is InChI=1S/C19H31N3O2.HI/c1-15-5-6-16(13-18(15)23-3)9-11-22-19(20-2)21-10-4-12-24-14-17-7-8-17;/h5-6,13,17H,4,7-12,14H2,1-3H3,(H2,20,21,22);1H. The van der Waals surface area contributed by atoms with Gasteiger partial charge in [0.2, 0.25) is 0 Å². The van der Waals surface area contributed by atoms with Gasteiger partial charge in [0.05, 0.1) is 7.11 Å². The van der Waals surface area contributed by atoms with E-state index in [0.29, 0.717) is 0 Å². The number of aryl methyl sites for hydroxylation is 1. The maximum atomic E-state index is 5.63. The molecule has 0 unspecified atom stereocenters. The van der Waals surface area contributed by atoms with Crippen LogP contribution in [0.4, 0.5) is 0 Å². The summed E-state index contributed by atoms with van der Waals surface area (Å²) in [5.41, 5.74) is 2.42. The van der Waals surface area contributed by atoms with Crippen molar-refractivity contribution in [3.05, 3.63) is 29.3 Å². The van der Waals surface area contributed by atoms with Gasteiger partial charge in [-0.15, -0.1) is 24.0 Å². The number of hydrogen-bond donors (Lipinski definition) is 2. The van der Waals surface area contributed by atoms with Crippen LogP contribution in [0.25, 0.3) is 0 Å². The van der Waals surface area contributed by atoms with E-state index in [1.165, 1.54) is 18.4 Å². The Morgan fingerprint density at radius 1 is 1.24 bits per heavy atom. The lowest BCUT2D eigenvalue weighted by atomic mass is 10.1. The van der Waals surface area contributed by atoms with Crippen LogP contribution >= 0.6 is 24.0 Å². The lowest BCUT2D eigenvalue weighted by molar-refractivity contribution is 0.123. The Morgan fingerprint density at radius 3 is 2.68 bits per heavy atom. The van der Waals surface area contributed by atoms with E-state index in [9.17, 15) is 0 Å². The van der Waals surface area contributed by atoms with Gasteiger partial charge in [0.15, 0.2) is 5.96 Å². The molecule has 0 heterocycles. The van der Waals surface area contributed by atoms with E-state index >= 15 is 0 Å². The lowest BCUT2D eigenvalue weighted by Crippen LogP contribution is -2.39. The van der Waals surface area contributed by atoms with Crippen LogP contribution in [0.3, 0.4) is 0 Å². The van der Waals surface area contributed by atoms with Crippen molar-refractivity contribution in [1.82, 2.24) is 10.6 Å². The van der Waals surface area contributed by atoms with E-state index < -0.39 is 0 Å². The monoisotopic (exact) mass is 461 g/mol. The second-order valence-corrected chi connectivity index (χ2v) is 6.35. The minimum absolute atomic E-state index is 0. The minimum Gasteiger partial charge on any atom is -0.496 e.